The van der Waals surface area contributed by atoms with Gasteiger partial charge in [0, 0.05) is 39.3 Å². The van der Waals surface area contributed by atoms with Crippen molar-refractivity contribution in [3.05, 3.63) is 83.6 Å². The second kappa shape index (κ2) is 12.3. The van der Waals surface area contributed by atoms with Crippen molar-refractivity contribution in [3.8, 4) is 5.75 Å². The van der Waals surface area contributed by atoms with Crippen LogP contribution in [0.5, 0.6) is 5.75 Å². The van der Waals surface area contributed by atoms with Crippen LogP contribution < -0.4 is 10.1 Å². The van der Waals surface area contributed by atoms with Gasteiger partial charge in [-0.25, -0.2) is 4.98 Å². The summed E-state index contributed by atoms with van der Waals surface area (Å²) in [6.45, 7) is 6.94. The number of morpholine rings is 1. The van der Waals surface area contributed by atoms with Gasteiger partial charge in [0.25, 0.3) is 5.91 Å². The van der Waals surface area contributed by atoms with Crippen LogP contribution in [-0.2, 0) is 24.4 Å². The first-order valence-electron chi connectivity index (χ1n) is 11.6. The maximum Gasteiger partial charge on any atom is 0.273 e. The highest BCUT2D eigenvalue weighted by molar-refractivity contribution is 5.91. The molecular weight excluding hydrogens is 432 g/mol. The lowest BCUT2D eigenvalue weighted by Crippen LogP contribution is -2.41. The van der Waals surface area contributed by atoms with Gasteiger partial charge in [-0.3, -0.25) is 14.6 Å². The third-order valence-electron chi connectivity index (χ3n) is 5.84. The maximum absolute atomic E-state index is 12.5. The van der Waals surface area contributed by atoms with Crippen LogP contribution in [0, 0.1) is 0 Å². The Bertz CT molecular complexity index is 1020. The molecule has 180 valence electrons. The molecule has 1 aliphatic heterocycles. The third kappa shape index (κ3) is 7.15. The Morgan fingerprint density at radius 2 is 1.82 bits per heavy atom. The van der Waals surface area contributed by atoms with Gasteiger partial charge in [0.05, 0.1) is 26.9 Å². The number of benzene rings is 2. The van der Waals surface area contributed by atoms with Crippen LogP contribution >= 0.6 is 0 Å². The van der Waals surface area contributed by atoms with Gasteiger partial charge in [-0.05, 0) is 23.3 Å². The fourth-order valence-corrected chi connectivity index (χ4v) is 3.86. The molecule has 1 aliphatic rings. The van der Waals surface area contributed by atoms with Gasteiger partial charge >= 0.3 is 0 Å². The van der Waals surface area contributed by atoms with E-state index in [0.717, 1.165) is 57.3 Å². The Labute approximate surface area is 200 Å². The predicted octanol–water partition coefficient (Wildman–Crippen LogP) is 2.95. The van der Waals surface area contributed by atoms with Crippen LogP contribution in [0.25, 0.3) is 0 Å². The van der Waals surface area contributed by atoms with Gasteiger partial charge < -0.3 is 19.2 Å². The normalized spacial score (nSPS) is 14.3. The van der Waals surface area contributed by atoms with Crippen molar-refractivity contribution >= 4 is 5.91 Å². The van der Waals surface area contributed by atoms with Gasteiger partial charge in [0.15, 0.2) is 5.69 Å². The summed E-state index contributed by atoms with van der Waals surface area (Å²) < 4.78 is 16.4. The molecule has 3 aromatic rings. The molecule has 1 N–H and O–H groups in total. The molecule has 0 atom stereocenters. The molecule has 0 aliphatic carbocycles. The molecule has 8 nitrogen and oxygen atoms in total. The minimum atomic E-state index is -0.242. The number of nitrogens with one attached hydrogen (secondary N) is 1. The van der Waals surface area contributed by atoms with Gasteiger partial charge in [-0.15, -0.1) is 0 Å². The summed E-state index contributed by atoms with van der Waals surface area (Å²) in [4.78, 5) is 21.7. The van der Waals surface area contributed by atoms with Crippen molar-refractivity contribution in [2.24, 2.45) is 0 Å². The molecule has 1 aromatic heterocycles. The van der Waals surface area contributed by atoms with Crippen LogP contribution in [0.1, 0.15) is 27.5 Å². The fraction of sp³-hybridized carbons (Fsp3) is 0.385. The zero-order chi connectivity index (χ0) is 23.6. The highest BCUT2D eigenvalue weighted by Gasteiger charge is 2.17. The van der Waals surface area contributed by atoms with Crippen LogP contribution in [0.4, 0.5) is 0 Å². The van der Waals surface area contributed by atoms with Gasteiger partial charge in [-0.1, -0.05) is 42.5 Å². The summed E-state index contributed by atoms with van der Waals surface area (Å²) in [5, 5.41) is 2.90. The number of amides is 1. The van der Waals surface area contributed by atoms with E-state index < -0.39 is 0 Å². The molecule has 4 rings (SSSR count). The number of carbonyl (C=O) groups is 1. The Balaban J connectivity index is 1.37. The summed E-state index contributed by atoms with van der Waals surface area (Å²) in [5.74, 6) is 1.12. The van der Waals surface area contributed by atoms with Crippen LogP contribution in [0.15, 0.2) is 65.3 Å². The fourth-order valence-electron chi connectivity index (χ4n) is 3.86. The quantitative estimate of drug-likeness (QED) is 0.467. The molecule has 0 saturated carbocycles. The second-order valence-electron chi connectivity index (χ2n) is 8.31. The number of hydrogen-bond acceptors (Lipinski definition) is 7. The first-order valence-corrected chi connectivity index (χ1v) is 11.6. The van der Waals surface area contributed by atoms with E-state index in [1.54, 1.807) is 7.11 Å². The van der Waals surface area contributed by atoms with Gasteiger partial charge in [0.2, 0.25) is 5.89 Å². The van der Waals surface area contributed by atoms with E-state index in [1.807, 2.05) is 42.5 Å². The lowest BCUT2D eigenvalue weighted by molar-refractivity contribution is 0.0320. The molecule has 2 heterocycles. The minimum Gasteiger partial charge on any atom is -0.497 e. The van der Waals surface area contributed by atoms with E-state index in [4.69, 9.17) is 13.9 Å². The largest absolute Gasteiger partial charge is 0.497 e. The second-order valence-corrected chi connectivity index (χ2v) is 8.31. The van der Waals surface area contributed by atoms with E-state index in [2.05, 4.69) is 32.2 Å². The van der Waals surface area contributed by atoms with E-state index >= 15 is 0 Å². The molecule has 1 saturated heterocycles. The number of carbonyl (C=O) groups excluding carboxylic acids is 1. The number of aromatic nitrogens is 1. The van der Waals surface area contributed by atoms with Crippen molar-refractivity contribution in [1.82, 2.24) is 20.1 Å². The first-order chi connectivity index (χ1) is 16.7. The lowest BCUT2D eigenvalue weighted by atomic mass is 10.2. The molecule has 8 heteroatoms. The van der Waals surface area contributed by atoms with E-state index in [1.165, 1.54) is 11.8 Å². The van der Waals surface area contributed by atoms with Gasteiger partial charge in [0.1, 0.15) is 12.0 Å². The predicted molar refractivity (Wildman–Crippen MR) is 128 cm³/mol. The smallest absolute Gasteiger partial charge is 0.273 e. The Morgan fingerprint density at radius 1 is 1.06 bits per heavy atom. The molecule has 0 unspecified atom stereocenters. The summed E-state index contributed by atoms with van der Waals surface area (Å²) in [5.41, 5.74) is 2.51. The molecule has 0 spiro atoms. The molecule has 34 heavy (non-hydrogen) atoms. The summed E-state index contributed by atoms with van der Waals surface area (Å²) in [7, 11) is 1.67. The van der Waals surface area contributed by atoms with Crippen LogP contribution in [0.2, 0.25) is 0 Å². The number of oxazole rings is 1. The van der Waals surface area contributed by atoms with E-state index in [-0.39, 0.29) is 5.91 Å². The Morgan fingerprint density at radius 3 is 2.56 bits per heavy atom. The van der Waals surface area contributed by atoms with E-state index in [0.29, 0.717) is 24.7 Å². The average molecular weight is 465 g/mol. The minimum absolute atomic E-state index is 0.242. The van der Waals surface area contributed by atoms with Crippen molar-refractivity contribution in [2.75, 3.05) is 46.5 Å². The lowest BCUT2D eigenvalue weighted by Gasteiger charge is -2.29. The number of hydrogen-bond donors (Lipinski definition) is 1. The average Bonchev–Trinajstić information content (AvgIpc) is 3.36. The molecule has 2 aromatic carbocycles. The molecule has 0 bridgehead atoms. The molecule has 0 radical (unpaired) electrons. The monoisotopic (exact) mass is 464 g/mol. The zero-order valence-corrected chi connectivity index (χ0v) is 19.6. The van der Waals surface area contributed by atoms with Crippen LogP contribution in [-0.4, -0.2) is 67.2 Å². The number of methoxy groups -OCH3 is 1. The van der Waals surface area contributed by atoms with Crippen LogP contribution in [0.3, 0.4) is 0 Å². The van der Waals surface area contributed by atoms with Crippen molar-refractivity contribution in [1.29, 1.82) is 0 Å². The Hall–Kier alpha value is -3.20. The third-order valence-corrected chi connectivity index (χ3v) is 5.84. The van der Waals surface area contributed by atoms with E-state index in [9.17, 15) is 4.79 Å². The van der Waals surface area contributed by atoms with Crippen molar-refractivity contribution in [2.45, 2.75) is 19.6 Å². The summed E-state index contributed by atoms with van der Waals surface area (Å²) in [6, 6.07) is 17.9. The summed E-state index contributed by atoms with van der Waals surface area (Å²) >= 11 is 0. The summed E-state index contributed by atoms with van der Waals surface area (Å²) in [6.07, 6.45) is 1.43. The number of rotatable bonds is 11. The first kappa shape index (κ1) is 23.9. The van der Waals surface area contributed by atoms with Crippen molar-refractivity contribution < 1.29 is 18.7 Å². The zero-order valence-electron chi connectivity index (χ0n) is 19.6. The Kier molecular flexibility index (Phi) is 8.67. The maximum atomic E-state index is 12.5. The number of ether oxygens (including phenoxy) is 2. The molecule has 1 amide bonds. The molecular formula is C26H32N4O4. The highest BCUT2D eigenvalue weighted by Crippen LogP contribution is 2.15. The molecule has 1 fully saturated rings. The number of nitrogens with zero attached hydrogens (tertiary/aromatic N) is 3. The SMILES string of the molecule is COc1ccc(CN(CCN2CCOCC2)Cc2nc(C(=O)NCc3ccccc3)co2)cc1. The van der Waals surface area contributed by atoms with Gasteiger partial charge in [-0.2, -0.15) is 0 Å². The topological polar surface area (TPSA) is 80.1 Å². The highest BCUT2D eigenvalue weighted by atomic mass is 16.5. The standard InChI is InChI=1S/C26H32N4O4/c1-32-23-9-7-22(8-10-23)18-30(12-11-29-13-15-33-16-14-29)19-25-28-24(20-34-25)26(31)27-17-21-5-3-2-4-6-21/h2-10,20H,11-19H2,1H3,(H,27,31). The van der Waals surface area contributed by atoms with Crippen molar-refractivity contribution in [3.63, 3.8) is 0 Å².